The zero-order chi connectivity index (χ0) is 20.8. The SMILES string of the molecule is CC(C)(C)C(=O)ON1CCC(n2cc(-c3ccc(N)cc3)c3c(N)ncnc32)C1. The molecule has 0 bridgehead atoms. The van der Waals surface area contributed by atoms with Crippen LogP contribution in [0.5, 0.6) is 0 Å². The third-order valence-corrected chi connectivity index (χ3v) is 5.20. The summed E-state index contributed by atoms with van der Waals surface area (Å²) in [6.07, 6.45) is 4.38. The van der Waals surface area contributed by atoms with Crippen molar-refractivity contribution in [2.24, 2.45) is 5.41 Å². The summed E-state index contributed by atoms with van der Waals surface area (Å²) in [7, 11) is 0. The molecule has 1 atom stereocenters. The quantitative estimate of drug-likeness (QED) is 0.657. The Balaban J connectivity index is 1.68. The average Bonchev–Trinajstić information content (AvgIpc) is 3.27. The maximum absolute atomic E-state index is 12.2. The summed E-state index contributed by atoms with van der Waals surface area (Å²) in [5.41, 5.74) is 14.9. The Labute approximate surface area is 169 Å². The second-order valence-electron chi connectivity index (χ2n) is 8.49. The van der Waals surface area contributed by atoms with Gasteiger partial charge in [0.25, 0.3) is 0 Å². The van der Waals surface area contributed by atoms with Crippen LogP contribution in [-0.4, -0.2) is 38.7 Å². The number of nitrogens with zero attached hydrogens (tertiary/aromatic N) is 4. The second kappa shape index (κ2) is 7.04. The summed E-state index contributed by atoms with van der Waals surface area (Å²) in [5.74, 6) is 0.208. The second-order valence-corrected chi connectivity index (χ2v) is 8.49. The van der Waals surface area contributed by atoms with Crippen molar-refractivity contribution >= 4 is 28.5 Å². The molecule has 1 unspecified atom stereocenters. The molecule has 8 nitrogen and oxygen atoms in total. The fraction of sp³-hybridized carbons (Fsp3) is 0.381. The number of carbonyl (C=O) groups excluding carboxylic acids is 1. The van der Waals surface area contributed by atoms with E-state index in [4.69, 9.17) is 16.3 Å². The number of nitrogens with two attached hydrogens (primary N) is 2. The zero-order valence-corrected chi connectivity index (χ0v) is 16.9. The number of hydroxylamine groups is 2. The molecule has 1 aliphatic rings. The fourth-order valence-electron chi connectivity index (χ4n) is 3.54. The van der Waals surface area contributed by atoms with Crippen LogP contribution in [0.15, 0.2) is 36.8 Å². The Bertz CT molecular complexity index is 1050. The molecule has 1 aliphatic heterocycles. The highest BCUT2D eigenvalue weighted by molar-refractivity contribution is 6.00. The van der Waals surface area contributed by atoms with Crippen molar-refractivity contribution in [2.75, 3.05) is 24.6 Å². The van der Waals surface area contributed by atoms with Crippen LogP contribution in [-0.2, 0) is 9.63 Å². The molecular weight excluding hydrogens is 368 g/mol. The number of hydrogen-bond acceptors (Lipinski definition) is 7. The summed E-state index contributed by atoms with van der Waals surface area (Å²) in [6.45, 7) is 6.81. The normalized spacial score (nSPS) is 17.7. The van der Waals surface area contributed by atoms with E-state index in [-0.39, 0.29) is 12.0 Å². The maximum atomic E-state index is 12.2. The van der Waals surface area contributed by atoms with Gasteiger partial charge in [-0.25, -0.2) is 14.8 Å². The van der Waals surface area contributed by atoms with Gasteiger partial charge in [-0.1, -0.05) is 12.1 Å². The van der Waals surface area contributed by atoms with E-state index < -0.39 is 5.41 Å². The van der Waals surface area contributed by atoms with E-state index in [1.165, 1.54) is 6.33 Å². The van der Waals surface area contributed by atoms with E-state index in [0.29, 0.717) is 24.6 Å². The molecule has 4 rings (SSSR count). The van der Waals surface area contributed by atoms with Gasteiger partial charge in [-0.2, -0.15) is 0 Å². The fourth-order valence-corrected chi connectivity index (χ4v) is 3.54. The molecule has 2 aromatic heterocycles. The lowest BCUT2D eigenvalue weighted by molar-refractivity contribution is -0.195. The predicted octanol–water partition coefficient (Wildman–Crippen LogP) is 3.01. The number of hydrogen-bond donors (Lipinski definition) is 2. The third-order valence-electron chi connectivity index (χ3n) is 5.20. The van der Waals surface area contributed by atoms with Gasteiger partial charge in [0.15, 0.2) is 0 Å². The molecule has 3 heterocycles. The van der Waals surface area contributed by atoms with Crippen LogP contribution >= 0.6 is 0 Å². The largest absolute Gasteiger partial charge is 0.399 e. The van der Waals surface area contributed by atoms with E-state index >= 15 is 0 Å². The first-order valence-corrected chi connectivity index (χ1v) is 9.68. The predicted molar refractivity (Wildman–Crippen MR) is 113 cm³/mol. The maximum Gasteiger partial charge on any atom is 0.330 e. The summed E-state index contributed by atoms with van der Waals surface area (Å²) >= 11 is 0. The molecule has 3 aromatic rings. The van der Waals surface area contributed by atoms with Crippen molar-refractivity contribution in [3.8, 4) is 11.1 Å². The molecule has 29 heavy (non-hydrogen) atoms. The van der Waals surface area contributed by atoms with Gasteiger partial charge in [0.2, 0.25) is 0 Å². The average molecular weight is 394 g/mol. The van der Waals surface area contributed by atoms with E-state index in [2.05, 4.69) is 20.7 Å². The highest BCUT2D eigenvalue weighted by atomic mass is 16.7. The molecule has 152 valence electrons. The Morgan fingerprint density at radius 2 is 1.90 bits per heavy atom. The topological polar surface area (TPSA) is 112 Å². The van der Waals surface area contributed by atoms with Gasteiger partial charge in [-0.3, -0.25) is 0 Å². The number of rotatable bonds is 3. The van der Waals surface area contributed by atoms with E-state index in [0.717, 1.165) is 28.6 Å². The molecule has 0 aliphatic carbocycles. The van der Waals surface area contributed by atoms with Gasteiger partial charge in [0.1, 0.15) is 17.8 Å². The molecule has 0 saturated carbocycles. The Kier molecular flexibility index (Phi) is 4.66. The van der Waals surface area contributed by atoms with Gasteiger partial charge in [0.05, 0.1) is 23.4 Å². The molecule has 1 saturated heterocycles. The lowest BCUT2D eigenvalue weighted by atomic mass is 9.98. The van der Waals surface area contributed by atoms with Gasteiger partial charge >= 0.3 is 5.97 Å². The van der Waals surface area contributed by atoms with Crippen molar-refractivity contribution < 1.29 is 9.63 Å². The molecule has 4 N–H and O–H groups in total. The number of carbonyl (C=O) groups is 1. The third kappa shape index (κ3) is 3.63. The van der Waals surface area contributed by atoms with Crippen LogP contribution < -0.4 is 11.5 Å². The number of aromatic nitrogens is 3. The van der Waals surface area contributed by atoms with Gasteiger partial charge in [-0.15, -0.1) is 5.06 Å². The Hall–Kier alpha value is -3.13. The summed E-state index contributed by atoms with van der Waals surface area (Å²) in [6, 6.07) is 7.77. The van der Waals surface area contributed by atoms with Crippen molar-refractivity contribution in [1.29, 1.82) is 0 Å². The zero-order valence-electron chi connectivity index (χ0n) is 16.9. The summed E-state index contributed by atoms with van der Waals surface area (Å²) < 4.78 is 2.12. The number of anilines is 2. The number of fused-ring (bicyclic) bond motifs is 1. The van der Waals surface area contributed by atoms with E-state index in [1.54, 1.807) is 5.06 Å². The minimum absolute atomic E-state index is 0.113. The van der Waals surface area contributed by atoms with Crippen LogP contribution in [0.1, 0.15) is 33.2 Å². The molecule has 1 aromatic carbocycles. The molecule has 1 fully saturated rings. The van der Waals surface area contributed by atoms with Crippen LogP contribution in [0.3, 0.4) is 0 Å². The monoisotopic (exact) mass is 394 g/mol. The minimum Gasteiger partial charge on any atom is -0.399 e. The lowest BCUT2D eigenvalue weighted by Gasteiger charge is -2.22. The van der Waals surface area contributed by atoms with Crippen LogP contribution in [0.2, 0.25) is 0 Å². The molecule has 8 heteroatoms. The first-order valence-electron chi connectivity index (χ1n) is 9.68. The Morgan fingerprint density at radius 1 is 1.17 bits per heavy atom. The molecule has 0 amide bonds. The minimum atomic E-state index is -0.539. The Morgan fingerprint density at radius 3 is 2.59 bits per heavy atom. The van der Waals surface area contributed by atoms with Crippen molar-refractivity contribution in [2.45, 2.75) is 33.2 Å². The van der Waals surface area contributed by atoms with E-state index in [9.17, 15) is 4.79 Å². The van der Waals surface area contributed by atoms with E-state index in [1.807, 2.05) is 45.0 Å². The first-order chi connectivity index (χ1) is 13.7. The highest BCUT2D eigenvalue weighted by Crippen LogP contribution is 2.36. The smallest absolute Gasteiger partial charge is 0.330 e. The van der Waals surface area contributed by atoms with Crippen molar-refractivity contribution in [3.05, 3.63) is 36.8 Å². The van der Waals surface area contributed by atoms with Crippen LogP contribution in [0.4, 0.5) is 11.5 Å². The summed E-state index contributed by atoms with van der Waals surface area (Å²) in [4.78, 5) is 26.5. The molecule has 0 radical (unpaired) electrons. The lowest BCUT2D eigenvalue weighted by Crippen LogP contribution is -2.32. The standard InChI is InChI=1S/C21H26N6O2/c1-21(2,3)20(28)29-26-9-8-15(10-26)27-11-16(13-4-6-14(22)7-5-13)17-18(23)24-12-25-19(17)27/h4-7,11-12,15H,8-10,22H2,1-3H3,(H2,23,24,25). The van der Waals surface area contributed by atoms with Crippen LogP contribution in [0, 0.1) is 5.41 Å². The van der Waals surface area contributed by atoms with Gasteiger partial charge < -0.3 is 20.9 Å². The van der Waals surface area contributed by atoms with Crippen LogP contribution in [0.25, 0.3) is 22.2 Å². The van der Waals surface area contributed by atoms with Crippen molar-refractivity contribution in [3.63, 3.8) is 0 Å². The van der Waals surface area contributed by atoms with Crippen molar-refractivity contribution in [1.82, 2.24) is 19.6 Å². The number of benzene rings is 1. The van der Waals surface area contributed by atoms with Gasteiger partial charge in [-0.05, 0) is 44.9 Å². The molecule has 0 spiro atoms. The first kappa shape index (κ1) is 19.2. The number of nitrogen functional groups attached to an aromatic ring is 2. The highest BCUT2D eigenvalue weighted by Gasteiger charge is 2.32. The van der Waals surface area contributed by atoms with Gasteiger partial charge in [0, 0.05) is 24.0 Å². The summed E-state index contributed by atoms with van der Waals surface area (Å²) in [5, 5.41) is 2.56. The molecular formula is C21H26N6O2.